The van der Waals surface area contributed by atoms with Gasteiger partial charge in [-0.1, -0.05) is 23.2 Å². The third-order valence-electron chi connectivity index (χ3n) is 1.76. The number of aromatic carboxylic acids is 1. The Labute approximate surface area is 90.3 Å². The number of carbonyl (C=O) groups excluding carboxylic acids is 1. The summed E-state index contributed by atoms with van der Waals surface area (Å²) in [6.07, 6.45) is 0.449. The summed E-state index contributed by atoms with van der Waals surface area (Å²) < 4.78 is 0. The van der Waals surface area contributed by atoms with Crippen molar-refractivity contribution in [3.63, 3.8) is 0 Å². The van der Waals surface area contributed by atoms with Crippen molar-refractivity contribution in [2.45, 2.75) is 6.92 Å². The second kappa shape index (κ2) is 3.98. The summed E-state index contributed by atoms with van der Waals surface area (Å²) in [5.41, 5.74) is 0.414. The average Bonchev–Trinajstić information content (AvgIpc) is 2.12. The highest BCUT2D eigenvalue weighted by Crippen LogP contribution is 2.29. The minimum absolute atomic E-state index is 0.0192. The molecule has 0 bridgehead atoms. The van der Waals surface area contributed by atoms with Crippen LogP contribution in [0.25, 0.3) is 0 Å². The lowest BCUT2D eigenvalue weighted by Crippen LogP contribution is -2.01. The zero-order valence-electron chi connectivity index (χ0n) is 7.17. The molecule has 0 saturated carbocycles. The molecule has 1 rings (SSSR count). The summed E-state index contributed by atoms with van der Waals surface area (Å²) in [5, 5.41) is 8.83. The van der Waals surface area contributed by atoms with Crippen LogP contribution in [-0.2, 0) is 0 Å². The summed E-state index contributed by atoms with van der Waals surface area (Å²) in [7, 11) is 0. The molecule has 1 aromatic rings. The third kappa shape index (κ3) is 1.74. The van der Waals surface area contributed by atoms with Gasteiger partial charge < -0.3 is 5.11 Å². The van der Waals surface area contributed by atoms with Crippen molar-refractivity contribution in [2.24, 2.45) is 0 Å². The lowest BCUT2D eigenvalue weighted by Gasteiger charge is -2.06. The van der Waals surface area contributed by atoms with Gasteiger partial charge in [-0.05, 0) is 18.6 Å². The summed E-state index contributed by atoms with van der Waals surface area (Å²) in [6, 6.07) is 1.33. The number of benzene rings is 1. The van der Waals surface area contributed by atoms with Gasteiger partial charge in [0.2, 0.25) is 0 Å². The van der Waals surface area contributed by atoms with Crippen LogP contribution in [0.5, 0.6) is 0 Å². The van der Waals surface area contributed by atoms with Crippen LogP contribution in [0.3, 0.4) is 0 Å². The average molecular weight is 233 g/mol. The Morgan fingerprint density at radius 1 is 1.43 bits per heavy atom. The molecule has 0 aromatic heterocycles. The molecule has 0 aliphatic heterocycles. The number of carbonyl (C=O) groups is 2. The molecule has 3 nitrogen and oxygen atoms in total. The van der Waals surface area contributed by atoms with E-state index in [1.54, 1.807) is 6.92 Å². The van der Waals surface area contributed by atoms with Gasteiger partial charge in [0.15, 0.2) is 6.29 Å². The van der Waals surface area contributed by atoms with E-state index in [0.29, 0.717) is 11.8 Å². The lowest BCUT2D eigenvalue weighted by molar-refractivity contribution is 0.0697. The summed E-state index contributed by atoms with van der Waals surface area (Å²) in [5.74, 6) is -1.18. The largest absolute Gasteiger partial charge is 0.478 e. The van der Waals surface area contributed by atoms with Crippen molar-refractivity contribution in [3.05, 3.63) is 32.8 Å². The Balaban J connectivity index is 3.58. The van der Waals surface area contributed by atoms with Crippen molar-refractivity contribution < 1.29 is 14.7 Å². The first kappa shape index (κ1) is 11.0. The Kier molecular flexibility index (Phi) is 3.13. The van der Waals surface area contributed by atoms with Gasteiger partial charge in [-0.15, -0.1) is 0 Å². The van der Waals surface area contributed by atoms with Crippen molar-refractivity contribution in [1.82, 2.24) is 0 Å². The molecule has 0 atom stereocenters. The maximum Gasteiger partial charge on any atom is 0.337 e. The number of halogens is 2. The van der Waals surface area contributed by atoms with Gasteiger partial charge in [0, 0.05) is 0 Å². The first-order valence-corrected chi connectivity index (χ1v) is 4.41. The minimum atomic E-state index is -1.18. The van der Waals surface area contributed by atoms with Crippen molar-refractivity contribution >= 4 is 35.5 Å². The maximum absolute atomic E-state index is 10.7. The molecule has 0 fully saturated rings. The number of rotatable bonds is 2. The molecular formula is C9H6Cl2O3. The fourth-order valence-electron chi connectivity index (χ4n) is 1.06. The van der Waals surface area contributed by atoms with Gasteiger partial charge >= 0.3 is 5.97 Å². The highest BCUT2D eigenvalue weighted by atomic mass is 35.5. The Bertz CT molecular complexity index is 413. The van der Waals surface area contributed by atoms with Crippen LogP contribution in [0.2, 0.25) is 10.0 Å². The molecule has 0 aliphatic rings. The molecule has 1 aromatic carbocycles. The zero-order valence-corrected chi connectivity index (χ0v) is 8.69. The molecule has 14 heavy (non-hydrogen) atoms. The fourth-order valence-corrected chi connectivity index (χ4v) is 1.57. The molecular weight excluding hydrogens is 227 g/mol. The van der Waals surface area contributed by atoms with Crippen LogP contribution in [0.15, 0.2) is 6.07 Å². The van der Waals surface area contributed by atoms with Crippen LogP contribution in [0.1, 0.15) is 26.3 Å². The molecule has 0 radical (unpaired) electrons. The van der Waals surface area contributed by atoms with E-state index in [9.17, 15) is 9.59 Å². The number of aryl methyl sites for hydroxylation is 1. The molecule has 1 N–H and O–H groups in total. The molecule has 0 amide bonds. The van der Waals surface area contributed by atoms with Crippen LogP contribution >= 0.6 is 23.2 Å². The van der Waals surface area contributed by atoms with Crippen LogP contribution in [0, 0.1) is 6.92 Å². The topological polar surface area (TPSA) is 54.4 Å². The molecule has 0 spiro atoms. The first-order chi connectivity index (χ1) is 6.49. The Hall–Kier alpha value is -1.06. The van der Waals surface area contributed by atoms with Gasteiger partial charge in [0.05, 0.1) is 21.2 Å². The molecule has 0 unspecified atom stereocenters. The van der Waals surface area contributed by atoms with Gasteiger partial charge in [0.25, 0.3) is 0 Å². The van der Waals surface area contributed by atoms with E-state index in [4.69, 9.17) is 28.3 Å². The van der Waals surface area contributed by atoms with Crippen molar-refractivity contribution in [3.8, 4) is 0 Å². The fraction of sp³-hybridized carbons (Fsp3) is 0.111. The minimum Gasteiger partial charge on any atom is -0.478 e. The highest BCUT2D eigenvalue weighted by Gasteiger charge is 2.17. The normalized spacial score (nSPS) is 9.93. The van der Waals surface area contributed by atoms with Gasteiger partial charge in [-0.3, -0.25) is 4.79 Å². The van der Waals surface area contributed by atoms with E-state index in [-0.39, 0.29) is 21.2 Å². The standard InChI is InChI=1S/C9H6Cl2O3/c1-4-2-5(9(13)14)8(11)6(3-12)7(4)10/h2-3H,1H3,(H,13,14). The molecule has 5 heteroatoms. The highest BCUT2D eigenvalue weighted by molar-refractivity contribution is 6.40. The summed E-state index contributed by atoms with van der Waals surface area (Å²) in [4.78, 5) is 21.3. The SMILES string of the molecule is Cc1cc(C(=O)O)c(Cl)c(C=O)c1Cl. The molecule has 0 heterocycles. The summed E-state index contributed by atoms with van der Waals surface area (Å²) in [6.45, 7) is 1.61. The van der Waals surface area contributed by atoms with Gasteiger partial charge in [-0.2, -0.15) is 0 Å². The smallest absolute Gasteiger partial charge is 0.337 e. The number of aldehydes is 1. The Morgan fingerprint density at radius 3 is 2.43 bits per heavy atom. The quantitative estimate of drug-likeness (QED) is 0.799. The van der Waals surface area contributed by atoms with Crippen LogP contribution < -0.4 is 0 Å². The molecule has 74 valence electrons. The second-order valence-corrected chi connectivity index (χ2v) is 3.46. The first-order valence-electron chi connectivity index (χ1n) is 3.66. The number of carboxylic acid groups (broad SMARTS) is 1. The lowest BCUT2D eigenvalue weighted by atomic mass is 10.1. The number of hydrogen-bond donors (Lipinski definition) is 1. The van der Waals surface area contributed by atoms with Crippen LogP contribution in [-0.4, -0.2) is 17.4 Å². The maximum atomic E-state index is 10.7. The second-order valence-electron chi connectivity index (χ2n) is 2.71. The van der Waals surface area contributed by atoms with Crippen LogP contribution in [0.4, 0.5) is 0 Å². The van der Waals surface area contributed by atoms with E-state index in [1.165, 1.54) is 6.07 Å². The van der Waals surface area contributed by atoms with E-state index < -0.39 is 5.97 Å². The molecule has 0 saturated heterocycles. The Morgan fingerprint density at radius 2 is 2.00 bits per heavy atom. The van der Waals surface area contributed by atoms with E-state index in [0.717, 1.165) is 0 Å². The summed E-state index contributed by atoms with van der Waals surface area (Å²) >= 11 is 11.5. The predicted octanol–water partition coefficient (Wildman–Crippen LogP) is 2.81. The predicted molar refractivity (Wildman–Crippen MR) is 53.5 cm³/mol. The van der Waals surface area contributed by atoms with E-state index in [2.05, 4.69) is 0 Å². The number of carboxylic acids is 1. The van der Waals surface area contributed by atoms with Gasteiger partial charge in [-0.25, -0.2) is 4.79 Å². The number of hydrogen-bond acceptors (Lipinski definition) is 2. The van der Waals surface area contributed by atoms with E-state index >= 15 is 0 Å². The van der Waals surface area contributed by atoms with Gasteiger partial charge in [0.1, 0.15) is 0 Å². The molecule has 0 aliphatic carbocycles. The van der Waals surface area contributed by atoms with E-state index in [1.807, 2.05) is 0 Å². The third-order valence-corrected chi connectivity index (χ3v) is 2.67. The van der Waals surface area contributed by atoms with Crippen molar-refractivity contribution in [2.75, 3.05) is 0 Å². The monoisotopic (exact) mass is 232 g/mol. The zero-order chi connectivity index (χ0) is 10.9. The van der Waals surface area contributed by atoms with Crippen molar-refractivity contribution in [1.29, 1.82) is 0 Å².